The van der Waals surface area contributed by atoms with Crippen molar-refractivity contribution in [1.29, 1.82) is 0 Å². The molecule has 0 aliphatic rings. The first kappa shape index (κ1) is 18.2. The first-order chi connectivity index (χ1) is 12.2. The van der Waals surface area contributed by atoms with Crippen molar-refractivity contribution in [3.8, 4) is 0 Å². The first-order valence-corrected chi connectivity index (χ1v) is 8.58. The second-order valence-electron chi connectivity index (χ2n) is 6.12. The quantitative estimate of drug-likeness (QED) is 0.615. The standard InChI is InChI=1S/C17H16BrF2N5O/c1-7(2)25-6-22-11-5-12(18)24-17(15(11)25)23-10-4-9(16(21)26)8(3)13(19)14(10)20/h4-7H,1-3H3,(H2,21,26)(H,23,24). The van der Waals surface area contributed by atoms with Crippen molar-refractivity contribution < 1.29 is 13.6 Å². The Morgan fingerprint density at radius 3 is 2.62 bits per heavy atom. The molecule has 0 fully saturated rings. The highest BCUT2D eigenvalue weighted by molar-refractivity contribution is 9.10. The van der Waals surface area contributed by atoms with Gasteiger partial charge in [-0.05, 0) is 48.8 Å². The van der Waals surface area contributed by atoms with Crippen LogP contribution in [0.25, 0.3) is 11.0 Å². The minimum Gasteiger partial charge on any atom is -0.366 e. The van der Waals surface area contributed by atoms with Crippen LogP contribution in [-0.4, -0.2) is 20.4 Å². The topological polar surface area (TPSA) is 85.8 Å². The Bertz CT molecular complexity index is 1030. The van der Waals surface area contributed by atoms with Gasteiger partial charge in [-0.15, -0.1) is 0 Å². The molecule has 2 heterocycles. The van der Waals surface area contributed by atoms with Crippen LogP contribution in [0.1, 0.15) is 35.8 Å². The zero-order valence-corrected chi connectivity index (χ0v) is 15.9. The number of nitrogens with two attached hydrogens (primary N) is 1. The minimum atomic E-state index is -1.13. The summed E-state index contributed by atoms with van der Waals surface area (Å²) in [5.74, 6) is -2.81. The van der Waals surface area contributed by atoms with Crippen molar-refractivity contribution in [2.75, 3.05) is 5.32 Å². The first-order valence-electron chi connectivity index (χ1n) is 7.79. The molecule has 0 unspecified atom stereocenters. The summed E-state index contributed by atoms with van der Waals surface area (Å²) in [7, 11) is 0. The molecule has 2 aromatic heterocycles. The number of primary amides is 1. The predicted molar refractivity (Wildman–Crippen MR) is 98.5 cm³/mol. The Hall–Kier alpha value is -2.55. The number of pyridine rings is 1. The van der Waals surface area contributed by atoms with Gasteiger partial charge in [-0.1, -0.05) is 0 Å². The number of carbonyl (C=O) groups excluding carboxylic acids is 1. The van der Waals surface area contributed by atoms with E-state index in [4.69, 9.17) is 5.73 Å². The summed E-state index contributed by atoms with van der Waals surface area (Å²) >= 11 is 3.28. The summed E-state index contributed by atoms with van der Waals surface area (Å²) in [5.41, 5.74) is 6.05. The number of nitrogens with one attached hydrogen (secondary N) is 1. The van der Waals surface area contributed by atoms with Crippen molar-refractivity contribution in [2.24, 2.45) is 5.73 Å². The average molecular weight is 424 g/mol. The Kier molecular flexibility index (Phi) is 4.66. The van der Waals surface area contributed by atoms with Crippen LogP contribution < -0.4 is 11.1 Å². The molecule has 1 aromatic carbocycles. The van der Waals surface area contributed by atoms with Crippen LogP contribution in [0.3, 0.4) is 0 Å². The number of carbonyl (C=O) groups is 1. The Morgan fingerprint density at radius 1 is 1.31 bits per heavy atom. The molecule has 0 bridgehead atoms. The molecule has 6 nitrogen and oxygen atoms in total. The number of imidazole rings is 1. The number of nitrogens with zero attached hydrogens (tertiary/aromatic N) is 3. The van der Waals surface area contributed by atoms with Gasteiger partial charge in [0.05, 0.1) is 17.5 Å². The lowest BCUT2D eigenvalue weighted by molar-refractivity contribution is 0.0999. The second kappa shape index (κ2) is 6.64. The molecular formula is C17H16BrF2N5O. The van der Waals surface area contributed by atoms with Crippen LogP contribution >= 0.6 is 15.9 Å². The lowest BCUT2D eigenvalue weighted by Crippen LogP contribution is -2.15. The molecule has 26 heavy (non-hydrogen) atoms. The molecule has 9 heteroatoms. The van der Waals surface area contributed by atoms with E-state index in [-0.39, 0.29) is 28.7 Å². The molecule has 0 aliphatic carbocycles. The lowest BCUT2D eigenvalue weighted by Gasteiger charge is -2.15. The molecular weight excluding hydrogens is 408 g/mol. The van der Waals surface area contributed by atoms with Crippen molar-refractivity contribution in [3.63, 3.8) is 0 Å². The van der Waals surface area contributed by atoms with Crippen molar-refractivity contribution >= 4 is 44.4 Å². The minimum absolute atomic E-state index is 0.0734. The molecule has 3 N–H and O–H groups in total. The molecule has 3 aromatic rings. The predicted octanol–water partition coefficient (Wildman–Crippen LogP) is 4.20. The van der Waals surface area contributed by atoms with Crippen LogP contribution in [0.4, 0.5) is 20.3 Å². The zero-order chi connectivity index (χ0) is 19.2. The average Bonchev–Trinajstić information content (AvgIpc) is 2.99. The van der Waals surface area contributed by atoms with Crippen LogP contribution in [0.5, 0.6) is 0 Å². The summed E-state index contributed by atoms with van der Waals surface area (Å²) in [6.45, 7) is 5.22. The summed E-state index contributed by atoms with van der Waals surface area (Å²) in [6, 6.07) is 2.98. The van der Waals surface area contributed by atoms with E-state index in [1.165, 1.54) is 13.0 Å². The molecule has 0 saturated carbocycles. The second-order valence-corrected chi connectivity index (χ2v) is 6.93. The van der Waals surface area contributed by atoms with Crippen LogP contribution in [0.15, 0.2) is 23.1 Å². The number of hydrogen-bond acceptors (Lipinski definition) is 4. The van der Waals surface area contributed by atoms with Crippen LogP contribution in [0.2, 0.25) is 0 Å². The summed E-state index contributed by atoms with van der Waals surface area (Å²) in [6.07, 6.45) is 1.65. The maximum absolute atomic E-state index is 14.4. The largest absolute Gasteiger partial charge is 0.366 e. The number of hydrogen-bond donors (Lipinski definition) is 2. The van der Waals surface area contributed by atoms with E-state index >= 15 is 0 Å². The van der Waals surface area contributed by atoms with Gasteiger partial charge in [-0.25, -0.2) is 18.7 Å². The fourth-order valence-electron chi connectivity index (χ4n) is 2.70. The van der Waals surface area contributed by atoms with Crippen molar-refractivity contribution in [1.82, 2.24) is 14.5 Å². The number of aromatic nitrogens is 3. The van der Waals surface area contributed by atoms with E-state index < -0.39 is 17.5 Å². The molecule has 0 atom stereocenters. The summed E-state index contributed by atoms with van der Waals surface area (Å²) in [5, 5.41) is 2.78. The van der Waals surface area contributed by atoms with Gasteiger partial charge >= 0.3 is 0 Å². The summed E-state index contributed by atoms with van der Waals surface area (Å²) < 4.78 is 30.9. The fourth-order valence-corrected chi connectivity index (χ4v) is 3.09. The number of anilines is 2. The number of halogens is 3. The van der Waals surface area contributed by atoms with E-state index in [2.05, 4.69) is 31.2 Å². The number of amides is 1. The third-order valence-electron chi connectivity index (χ3n) is 4.05. The lowest BCUT2D eigenvalue weighted by atomic mass is 10.1. The number of rotatable bonds is 4. The highest BCUT2D eigenvalue weighted by Gasteiger charge is 2.21. The van der Waals surface area contributed by atoms with E-state index in [0.717, 1.165) is 0 Å². The summed E-state index contributed by atoms with van der Waals surface area (Å²) in [4.78, 5) is 20.2. The van der Waals surface area contributed by atoms with Gasteiger partial charge in [0.2, 0.25) is 5.91 Å². The van der Waals surface area contributed by atoms with Crippen LogP contribution in [-0.2, 0) is 0 Å². The SMILES string of the molecule is Cc1c(C(N)=O)cc(Nc2nc(Br)cc3ncn(C(C)C)c23)c(F)c1F. The van der Waals surface area contributed by atoms with Gasteiger partial charge in [-0.2, -0.15) is 0 Å². The molecule has 0 saturated heterocycles. The number of benzene rings is 1. The number of fused-ring (bicyclic) bond motifs is 1. The molecule has 3 rings (SSSR count). The van der Waals surface area contributed by atoms with E-state index in [1.54, 1.807) is 12.4 Å². The van der Waals surface area contributed by atoms with Gasteiger partial charge in [0.15, 0.2) is 17.5 Å². The monoisotopic (exact) mass is 423 g/mol. The molecule has 0 spiro atoms. The van der Waals surface area contributed by atoms with E-state index in [0.29, 0.717) is 15.6 Å². The highest BCUT2D eigenvalue weighted by Crippen LogP contribution is 2.32. The smallest absolute Gasteiger partial charge is 0.249 e. The van der Waals surface area contributed by atoms with Gasteiger partial charge in [0.1, 0.15) is 10.1 Å². The fraction of sp³-hybridized carbons (Fsp3) is 0.235. The highest BCUT2D eigenvalue weighted by atomic mass is 79.9. The molecule has 136 valence electrons. The van der Waals surface area contributed by atoms with Crippen molar-refractivity contribution in [3.05, 3.63) is 45.8 Å². The molecule has 1 amide bonds. The normalized spacial score (nSPS) is 11.3. The molecule has 0 radical (unpaired) electrons. The molecule has 0 aliphatic heterocycles. The van der Waals surface area contributed by atoms with Gasteiger partial charge < -0.3 is 15.6 Å². The third-order valence-corrected chi connectivity index (χ3v) is 4.45. The maximum atomic E-state index is 14.4. The van der Waals surface area contributed by atoms with Crippen molar-refractivity contribution in [2.45, 2.75) is 26.8 Å². The zero-order valence-electron chi connectivity index (χ0n) is 14.3. The van der Waals surface area contributed by atoms with E-state index in [1.807, 2.05) is 18.4 Å². The van der Waals surface area contributed by atoms with Gasteiger partial charge in [-0.3, -0.25) is 4.79 Å². The van der Waals surface area contributed by atoms with Crippen LogP contribution in [0, 0.1) is 18.6 Å². The maximum Gasteiger partial charge on any atom is 0.249 e. The Labute approximate surface area is 156 Å². The Morgan fingerprint density at radius 2 is 2.00 bits per heavy atom. The Balaban J connectivity index is 2.21. The van der Waals surface area contributed by atoms with E-state index in [9.17, 15) is 13.6 Å². The third kappa shape index (κ3) is 3.03. The van der Waals surface area contributed by atoms with Gasteiger partial charge in [0, 0.05) is 17.2 Å². The van der Waals surface area contributed by atoms with Gasteiger partial charge in [0.25, 0.3) is 0 Å².